The standard InChI is InChI=1S/C26H23N3O3S/c30-24-22(33-25(31)29-24)6-14-1-2-20(27-12-14)18-7-19(23-21(8-18)28-13-32-23)26-9-15-3-16(10-26)5-17(4-15)11-26/h1-2,6-8,12-13,15-17H,3-5,9-11H2,(H,29,30,31)/b22-6-. The Balaban J connectivity index is 1.27. The molecular formula is C26H23N3O3S. The summed E-state index contributed by atoms with van der Waals surface area (Å²) < 4.78 is 5.93. The van der Waals surface area contributed by atoms with Crippen molar-refractivity contribution >= 4 is 40.1 Å². The number of nitrogens with zero attached hydrogens (tertiary/aromatic N) is 2. The van der Waals surface area contributed by atoms with E-state index in [0.717, 1.165) is 57.4 Å². The van der Waals surface area contributed by atoms with E-state index in [1.807, 2.05) is 12.1 Å². The number of imide groups is 1. The Morgan fingerprint density at radius 3 is 2.42 bits per heavy atom. The molecule has 6 nitrogen and oxygen atoms in total. The summed E-state index contributed by atoms with van der Waals surface area (Å²) in [5, 5.41) is 1.94. The van der Waals surface area contributed by atoms with Crippen molar-refractivity contribution in [3.8, 4) is 11.3 Å². The Morgan fingerprint density at radius 1 is 1.03 bits per heavy atom. The first-order valence-corrected chi connectivity index (χ1v) is 12.5. The molecule has 5 fully saturated rings. The summed E-state index contributed by atoms with van der Waals surface area (Å²) in [5.74, 6) is 2.19. The van der Waals surface area contributed by atoms with Gasteiger partial charge in [-0.15, -0.1) is 0 Å². The monoisotopic (exact) mass is 457 g/mol. The van der Waals surface area contributed by atoms with Crippen molar-refractivity contribution in [3.05, 3.63) is 52.9 Å². The molecule has 2 aromatic heterocycles. The van der Waals surface area contributed by atoms with Gasteiger partial charge < -0.3 is 4.42 Å². The third-order valence-corrected chi connectivity index (χ3v) is 8.87. The first kappa shape index (κ1) is 19.5. The normalized spacial score (nSPS) is 31.6. The smallest absolute Gasteiger partial charge is 0.290 e. The second-order valence-corrected chi connectivity index (χ2v) is 11.3. The van der Waals surface area contributed by atoms with Crippen LogP contribution < -0.4 is 5.32 Å². The average Bonchev–Trinajstić information content (AvgIpc) is 3.38. The Labute approximate surface area is 195 Å². The fraction of sp³-hybridized carbons (Fsp3) is 0.385. The number of nitrogens with one attached hydrogen (secondary N) is 1. The summed E-state index contributed by atoms with van der Waals surface area (Å²) in [6.07, 6.45) is 13.0. The zero-order chi connectivity index (χ0) is 22.2. The van der Waals surface area contributed by atoms with Crippen LogP contribution in [-0.2, 0) is 10.2 Å². The number of hydrogen-bond donors (Lipinski definition) is 1. The minimum absolute atomic E-state index is 0.201. The molecule has 3 aromatic rings. The molecule has 8 rings (SSSR count). The highest BCUT2D eigenvalue weighted by Crippen LogP contribution is 2.61. The highest BCUT2D eigenvalue weighted by Gasteiger charge is 2.52. The number of carbonyl (C=O) groups is 2. The van der Waals surface area contributed by atoms with Gasteiger partial charge in [0.1, 0.15) is 5.52 Å². The van der Waals surface area contributed by atoms with Gasteiger partial charge in [-0.2, -0.15) is 0 Å². The molecule has 33 heavy (non-hydrogen) atoms. The van der Waals surface area contributed by atoms with Crippen molar-refractivity contribution in [1.29, 1.82) is 0 Å². The molecule has 5 aliphatic rings. The van der Waals surface area contributed by atoms with E-state index >= 15 is 0 Å². The van der Waals surface area contributed by atoms with E-state index < -0.39 is 0 Å². The molecule has 7 heteroatoms. The molecule has 1 aliphatic heterocycles. The number of amides is 2. The lowest BCUT2D eigenvalue weighted by Crippen LogP contribution is -2.48. The first-order valence-electron chi connectivity index (χ1n) is 11.6. The Bertz CT molecular complexity index is 1310. The van der Waals surface area contributed by atoms with Gasteiger partial charge in [0.05, 0.1) is 10.6 Å². The summed E-state index contributed by atoms with van der Waals surface area (Å²) in [4.78, 5) is 32.8. The first-order chi connectivity index (χ1) is 16.0. The van der Waals surface area contributed by atoms with Crippen molar-refractivity contribution in [1.82, 2.24) is 15.3 Å². The van der Waals surface area contributed by atoms with Crippen molar-refractivity contribution in [3.63, 3.8) is 0 Å². The second-order valence-electron chi connectivity index (χ2n) is 10.3. The SMILES string of the molecule is O=C1NC(=O)/C(=C/c2ccc(-c3cc(C45CC6CC(CC(C6)C4)C5)c4ocnc4c3)nc2)S1. The molecule has 1 N–H and O–H groups in total. The van der Waals surface area contributed by atoms with E-state index in [-0.39, 0.29) is 16.6 Å². The van der Waals surface area contributed by atoms with E-state index in [2.05, 4.69) is 27.4 Å². The van der Waals surface area contributed by atoms with Gasteiger partial charge in [-0.1, -0.05) is 6.07 Å². The van der Waals surface area contributed by atoms with Crippen LogP contribution in [0.25, 0.3) is 28.4 Å². The van der Waals surface area contributed by atoms with Gasteiger partial charge >= 0.3 is 0 Å². The number of benzene rings is 1. The summed E-state index contributed by atoms with van der Waals surface area (Å²) >= 11 is 0.916. The Hall–Kier alpha value is -2.93. The Morgan fingerprint density at radius 2 is 1.79 bits per heavy atom. The van der Waals surface area contributed by atoms with Gasteiger partial charge in [-0.25, -0.2) is 4.98 Å². The van der Waals surface area contributed by atoms with Crippen LogP contribution >= 0.6 is 11.8 Å². The van der Waals surface area contributed by atoms with Crippen LogP contribution in [0.15, 0.2) is 46.2 Å². The van der Waals surface area contributed by atoms with Gasteiger partial charge in [-0.05, 0) is 103 Å². The highest BCUT2D eigenvalue weighted by atomic mass is 32.2. The number of thioether (sulfide) groups is 1. The van der Waals surface area contributed by atoms with Crippen LogP contribution in [0.5, 0.6) is 0 Å². The van der Waals surface area contributed by atoms with Crippen molar-refractivity contribution in [2.45, 2.75) is 43.9 Å². The molecule has 0 radical (unpaired) electrons. The molecule has 2 amide bonds. The van der Waals surface area contributed by atoms with Crippen LogP contribution in [0.4, 0.5) is 4.79 Å². The van der Waals surface area contributed by atoms with Crippen LogP contribution in [0.2, 0.25) is 0 Å². The van der Waals surface area contributed by atoms with Gasteiger partial charge in [0.15, 0.2) is 12.0 Å². The molecule has 4 saturated carbocycles. The average molecular weight is 458 g/mol. The van der Waals surface area contributed by atoms with Crippen LogP contribution in [0, 0.1) is 17.8 Å². The maximum absolute atomic E-state index is 11.8. The minimum atomic E-state index is -0.356. The Kier molecular flexibility index (Phi) is 4.16. The lowest BCUT2D eigenvalue weighted by atomic mass is 9.48. The van der Waals surface area contributed by atoms with Crippen LogP contribution in [-0.4, -0.2) is 21.1 Å². The molecule has 3 heterocycles. The third-order valence-electron chi connectivity index (χ3n) is 8.06. The number of pyridine rings is 1. The predicted molar refractivity (Wildman–Crippen MR) is 126 cm³/mol. The van der Waals surface area contributed by atoms with Gasteiger partial charge in [-0.3, -0.25) is 19.9 Å². The van der Waals surface area contributed by atoms with Crippen LogP contribution in [0.3, 0.4) is 0 Å². The van der Waals surface area contributed by atoms with Crippen molar-refractivity contribution in [2.24, 2.45) is 17.8 Å². The van der Waals surface area contributed by atoms with E-state index in [4.69, 9.17) is 4.42 Å². The number of rotatable bonds is 3. The predicted octanol–water partition coefficient (Wildman–Crippen LogP) is 5.68. The second kappa shape index (κ2) is 7.03. The van der Waals surface area contributed by atoms with E-state index in [1.54, 1.807) is 18.7 Å². The molecular weight excluding hydrogens is 434 g/mol. The lowest BCUT2D eigenvalue weighted by Gasteiger charge is -2.57. The molecule has 4 aliphatic carbocycles. The topological polar surface area (TPSA) is 85.1 Å². The lowest BCUT2D eigenvalue weighted by molar-refractivity contribution is -0.115. The molecule has 1 aromatic carbocycles. The highest BCUT2D eigenvalue weighted by molar-refractivity contribution is 8.18. The number of hydrogen-bond acceptors (Lipinski definition) is 6. The zero-order valence-electron chi connectivity index (χ0n) is 18.0. The number of fused-ring (bicyclic) bond motifs is 1. The van der Waals surface area contributed by atoms with Gasteiger partial charge in [0, 0.05) is 17.3 Å². The summed E-state index contributed by atoms with van der Waals surface area (Å²) in [6.45, 7) is 0. The van der Waals surface area contributed by atoms with E-state index in [9.17, 15) is 9.59 Å². The summed E-state index contributed by atoms with van der Waals surface area (Å²) in [7, 11) is 0. The molecule has 0 spiro atoms. The van der Waals surface area contributed by atoms with Crippen LogP contribution in [0.1, 0.15) is 49.7 Å². The van der Waals surface area contributed by atoms with E-state index in [0.29, 0.717) is 4.91 Å². The quantitative estimate of drug-likeness (QED) is 0.509. The largest absolute Gasteiger partial charge is 0.443 e. The fourth-order valence-electron chi connectivity index (χ4n) is 7.19. The minimum Gasteiger partial charge on any atom is -0.443 e. The van der Waals surface area contributed by atoms with Gasteiger partial charge in [0.25, 0.3) is 11.1 Å². The summed E-state index contributed by atoms with van der Waals surface area (Å²) in [5.41, 5.74) is 6.05. The van der Waals surface area contributed by atoms with Gasteiger partial charge in [0.2, 0.25) is 0 Å². The number of oxazole rings is 1. The summed E-state index contributed by atoms with van der Waals surface area (Å²) in [6, 6.07) is 8.25. The van der Waals surface area contributed by atoms with Crippen molar-refractivity contribution in [2.75, 3.05) is 0 Å². The van der Waals surface area contributed by atoms with Crippen molar-refractivity contribution < 1.29 is 14.0 Å². The third kappa shape index (κ3) is 3.16. The van der Waals surface area contributed by atoms with E-state index in [1.165, 1.54) is 44.1 Å². The maximum Gasteiger partial charge on any atom is 0.290 e. The molecule has 1 saturated heterocycles. The number of carbonyl (C=O) groups excluding carboxylic acids is 2. The molecule has 0 atom stereocenters. The molecule has 4 bridgehead atoms. The fourth-order valence-corrected chi connectivity index (χ4v) is 7.87. The zero-order valence-corrected chi connectivity index (χ0v) is 18.9. The molecule has 166 valence electrons. The number of aromatic nitrogens is 2. The molecule has 0 unspecified atom stereocenters. The maximum atomic E-state index is 11.8.